The monoisotopic (exact) mass is 309 g/mol. The number of rotatable bonds is 5. The van der Waals surface area contributed by atoms with E-state index in [2.05, 4.69) is 45.5 Å². The van der Waals surface area contributed by atoms with E-state index in [-0.39, 0.29) is 0 Å². The Hall–Kier alpha value is -1.91. The quantitative estimate of drug-likeness (QED) is 0.862. The minimum atomic E-state index is 0.377. The van der Waals surface area contributed by atoms with Crippen molar-refractivity contribution >= 4 is 5.69 Å². The van der Waals surface area contributed by atoms with Gasteiger partial charge in [-0.2, -0.15) is 0 Å². The lowest BCUT2D eigenvalue weighted by Crippen LogP contribution is -2.42. The molecule has 0 radical (unpaired) electrons. The van der Waals surface area contributed by atoms with Crippen LogP contribution in [-0.4, -0.2) is 41.7 Å². The number of ether oxygens (including phenoxy) is 1. The fourth-order valence-electron chi connectivity index (χ4n) is 3.55. The molecule has 0 amide bonds. The van der Waals surface area contributed by atoms with Gasteiger partial charge in [0.2, 0.25) is 0 Å². The van der Waals surface area contributed by atoms with Gasteiger partial charge in [-0.1, -0.05) is 30.3 Å². The van der Waals surface area contributed by atoms with Gasteiger partial charge in [-0.25, -0.2) is 0 Å². The highest BCUT2D eigenvalue weighted by molar-refractivity contribution is 5.41. The third-order valence-corrected chi connectivity index (χ3v) is 4.83. The summed E-state index contributed by atoms with van der Waals surface area (Å²) in [7, 11) is 0. The summed E-state index contributed by atoms with van der Waals surface area (Å²) >= 11 is 0. The van der Waals surface area contributed by atoms with Gasteiger partial charge >= 0.3 is 0 Å². The summed E-state index contributed by atoms with van der Waals surface area (Å²) in [5.74, 6) is 0. The number of hydrogen-bond acceptors (Lipinski definition) is 4. The highest BCUT2D eigenvalue weighted by Crippen LogP contribution is 2.35. The maximum atomic E-state index is 5.64. The molecule has 2 aliphatic rings. The zero-order valence-corrected chi connectivity index (χ0v) is 13.3. The maximum absolute atomic E-state index is 5.64. The van der Waals surface area contributed by atoms with Crippen molar-refractivity contribution in [2.45, 2.75) is 31.0 Å². The van der Waals surface area contributed by atoms with E-state index >= 15 is 0 Å². The molecule has 0 spiro atoms. The normalized spacial score (nSPS) is 23.4. The SMILES string of the molecule is c1ccc(C(C2CO2)N2CCC(Nc3ccncc3)CC2)cc1. The number of anilines is 1. The van der Waals surface area contributed by atoms with Crippen LogP contribution in [0.5, 0.6) is 0 Å². The van der Waals surface area contributed by atoms with Crippen LogP contribution in [0.15, 0.2) is 54.9 Å². The predicted molar refractivity (Wildman–Crippen MR) is 91.4 cm³/mol. The molecule has 2 aromatic rings. The molecule has 120 valence electrons. The summed E-state index contributed by atoms with van der Waals surface area (Å²) in [6.45, 7) is 3.12. The van der Waals surface area contributed by atoms with Gasteiger partial charge in [0.25, 0.3) is 0 Å². The third-order valence-electron chi connectivity index (χ3n) is 4.83. The van der Waals surface area contributed by atoms with Crippen molar-refractivity contribution < 1.29 is 4.74 Å². The van der Waals surface area contributed by atoms with Gasteiger partial charge in [-0.3, -0.25) is 9.88 Å². The highest BCUT2D eigenvalue weighted by Gasteiger charge is 2.39. The van der Waals surface area contributed by atoms with Crippen LogP contribution in [0.3, 0.4) is 0 Å². The van der Waals surface area contributed by atoms with Gasteiger partial charge in [-0.05, 0) is 30.5 Å². The lowest BCUT2D eigenvalue weighted by molar-refractivity contribution is 0.130. The van der Waals surface area contributed by atoms with E-state index in [0.29, 0.717) is 18.2 Å². The van der Waals surface area contributed by atoms with Gasteiger partial charge in [0.1, 0.15) is 6.10 Å². The van der Waals surface area contributed by atoms with E-state index in [1.54, 1.807) is 0 Å². The Morgan fingerprint density at radius 3 is 2.39 bits per heavy atom. The van der Waals surface area contributed by atoms with E-state index < -0.39 is 0 Å². The molecular formula is C19H23N3O. The Bertz CT molecular complexity index is 607. The van der Waals surface area contributed by atoms with E-state index in [1.807, 2.05) is 24.5 Å². The van der Waals surface area contributed by atoms with Crippen LogP contribution < -0.4 is 5.32 Å². The Morgan fingerprint density at radius 2 is 1.74 bits per heavy atom. The Balaban J connectivity index is 1.38. The average Bonchev–Trinajstić information content (AvgIpc) is 3.44. The fraction of sp³-hybridized carbons (Fsp3) is 0.421. The summed E-state index contributed by atoms with van der Waals surface area (Å²) in [5.41, 5.74) is 2.55. The zero-order valence-electron chi connectivity index (χ0n) is 13.3. The van der Waals surface area contributed by atoms with E-state index in [9.17, 15) is 0 Å². The van der Waals surface area contributed by atoms with Crippen LogP contribution in [0, 0.1) is 0 Å². The van der Waals surface area contributed by atoms with Gasteiger partial charge in [0.05, 0.1) is 12.6 Å². The summed E-state index contributed by atoms with van der Waals surface area (Å²) in [6, 6.07) is 15.8. The van der Waals surface area contributed by atoms with Crippen molar-refractivity contribution in [1.82, 2.24) is 9.88 Å². The largest absolute Gasteiger partial charge is 0.382 e. The molecule has 2 atom stereocenters. The molecule has 1 aromatic carbocycles. The molecule has 3 heterocycles. The molecular weight excluding hydrogens is 286 g/mol. The van der Waals surface area contributed by atoms with E-state index in [0.717, 1.165) is 19.7 Å². The van der Waals surface area contributed by atoms with Crippen LogP contribution in [0.2, 0.25) is 0 Å². The molecule has 0 bridgehead atoms. The minimum absolute atomic E-state index is 0.377. The van der Waals surface area contributed by atoms with Crippen molar-refractivity contribution in [3.8, 4) is 0 Å². The van der Waals surface area contributed by atoms with Crippen molar-refractivity contribution in [3.05, 3.63) is 60.4 Å². The fourth-order valence-corrected chi connectivity index (χ4v) is 3.55. The van der Waals surface area contributed by atoms with Crippen LogP contribution in [0.1, 0.15) is 24.4 Å². The third kappa shape index (κ3) is 3.54. The number of aromatic nitrogens is 1. The smallest absolute Gasteiger partial charge is 0.101 e. The lowest BCUT2D eigenvalue weighted by atomic mass is 9.97. The van der Waals surface area contributed by atoms with Gasteiger partial charge < -0.3 is 10.1 Å². The molecule has 0 saturated carbocycles. The summed E-state index contributed by atoms with van der Waals surface area (Å²) in [5, 5.41) is 3.63. The topological polar surface area (TPSA) is 40.7 Å². The molecule has 2 aliphatic heterocycles. The van der Waals surface area contributed by atoms with Crippen molar-refractivity contribution in [3.63, 3.8) is 0 Å². The summed E-state index contributed by atoms with van der Waals surface area (Å²) in [6.07, 6.45) is 6.39. The number of pyridine rings is 1. The number of likely N-dealkylation sites (tertiary alicyclic amines) is 1. The van der Waals surface area contributed by atoms with Crippen LogP contribution >= 0.6 is 0 Å². The first-order valence-corrected chi connectivity index (χ1v) is 8.47. The predicted octanol–water partition coefficient (Wildman–Crippen LogP) is 3.10. The van der Waals surface area contributed by atoms with E-state index in [1.165, 1.54) is 24.1 Å². The molecule has 2 unspecified atom stereocenters. The van der Waals surface area contributed by atoms with Gasteiger partial charge in [0, 0.05) is 37.2 Å². The Morgan fingerprint density at radius 1 is 1.04 bits per heavy atom. The summed E-state index contributed by atoms with van der Waals surface area (Å²) < 4.78 is 5.64. The van der Waals surface area contributed by atoms with E-state index in [4.69, 9.17) is 4.74 Å². The molecule has 1 aromatic heterocycles. The molecule has 4 rings (SSSR count). The molecule has 4 nitrogen and oxygen atoms in total. The van der Waals surface area contributed by atoms with Crippen LogP contribution in [0.25, 0.3) is 0 Å². The summed E-state index contributed by atoms with van der Waals surface area (Å²) in [4.78, 5) is 6.67. The first kappa shape index (κ1) is 14.7. The van der Waals surface area contributed by atoms with Crippen molar-refractivity contribution in [2.24, 2.45) is 0 Å². The number of benzene rings is 1. The number of hydrogen-bond donors (Lipinski definition) is 1. The first-order chi connectivity index (χ1) is 11.4. The maximum Gasteiger partial charge on any atom is 0.101 e. The number of nitrogens with zero attached hydrogens (tertiary/aromatic N) is 2. The van der Waals surface area contributed by atoms with Crippen LogP contribution in [-0.2, 0) is 4.74 Å². The molecule has 23 heavy (non-hydrogen) atoms. The van der Waals surface area contributed by atoms with Crippen LogP contribution in [0.4, 0.5) is 5.69 Å². The Kier molecular flexibility index (Phi) is 4.26. The standard InChI is InChI=1S/C19H23N3O/c1-2-4-15(5-3-1)19(18-14-23-18)22-12-8-17(9-13-22)21-16-6-10-20-11-7-16/h1-7,10-11,17-19H,8-9,12-14H2,(H,20,21). The second-order valence-electron chi connectivity index (χ2n) is 6.42. The second-order valence-corrected chi connectivity index (χ2v) is 6.42. The van der Waals surface area contributed by atoms with Gasteiger partial charge in [0.15, 0.2) is 0 Å². The zero-order chi connectivity index (χ0) is 15.5. The lowest BCUT2D eigenvalue weighted by Gasteiger charge is -2.37. The molecule has 4 heteroatoms. The number of epoxide rings is 1. The average molecular weight is 309 g/mol. The molecule has 1 N–H and O–H groups in total. The first-order valence-electron chi connectivity index (χ1n) is 8.47. The highest BCUT2D eigenvalue weighted by atomic mass is 16.6. The molecule has 2 fully saturated rings. The number of nitrogens with one attached hydrogen (secondary N) is 1. The van der Waals surface area contributed by atoms with Gasteiger partial charge in [-0.15, -0.1) is 0 Å². The van der Waals surface area contributed by atoms with Crippen molar-refractivity contribution in [2.75, 3.05) is 25.0 Å². The second kappa shape index (κ2) is 6.69. The molecule has 0 aliphatic carbocycles. The van der Waals surface area contributed by atoms with Crippen molar-refractivity contribution in [1.29, 1.82) is 0 Å². The Labute approximate surface area is 137 Å². The minimum Gasteiger partial charge on any atom is -0.382 e. The molecule has 2 saturated heterocycles. The number of piperidine rings is 1.